The van der Waals surface area contributed by atoms with Gasteiger partial charge in [-0.2, -0.15) is 0 Å². The Morgan fingerprint density at radius 1 is 1.00 bits per heavy atom. The summed E-state index contributed by atoms with van der Waals surface area (Å²) in [4.78, 5) is 9.50. The van der Waals surface area contributed by atoms with E-state index in [9.17, 15) is 4.39 Å². The Morgan fingerprint density at radius 3 is 2.68 bits per heavy atom. The van der Waals surface area contributed by atoms with Crippen molar-refractivity contribution in [1.82, 2.24) is 14.3 Å². The van der Waals surface area contributed by atoms with Gasteiger partial charge in [-0.25, -0.2) is 9.37 Å². The van der Waals surface area contributed by atoms with E-state index in [-0.39, 0.29) is 5.82 Å². The van der Waals surface area contributed by atoms with Gasteiger partial charge in [0, 0.05) is 44.6 Å². The molecule has 1 fully saturated rings. The van der Waals surface area contributed by atoms with E-state index in [2.05, 4.69) is 44.4 Å². The first-order valence-corrected chi connectivity index (χ1v) is 8.86. The van der Waals surface area contributed by atoms with Crippen molar-refractivity contribution in [2.75, 3.05) is 31.1 Å². The van der Waals surface area contributed by atoms with Gasteiger partial charge in [0.15, 0.2) is 0 Å². The summed E-state index contributed by atoms with van der Waals surface area (Å²) in [6.45, 7) is 7.03. The Labute approximate surface area is 147 Å². The number of rotatable bonds is 3. The maximum atomic E-state index is 13.1. The Bertz CT molecular complexity index is 856. The summed E-state index contributed by atoms with van der Waals surface area (Å²) in [7, 11) is 0. The van der Waals surface area contributed by atoms with E-state index in [1.165, 1.54) is 5.69 Å². The average molecular weight is 338 g/mol. The van der Waals surface area contributed by atoms with Crippen LogP contribution in [-0.2, 0) is 6.54 Å². The second-order valence-electron chi connectivity index (χ2n) is 6.67. The summed E-state index contributed by atoms with van der Waals surface area (Å²) in [5, 5.41) is 0. The van der Waals surface area contributed by atoms with Crippen molar-refractivity contribution in [3.05, 3.63) is 65.9 Å². The Kier molecular flexibility index (Phi) is 4.40. The molecule has 25 heavy (non-hydrogen) atoms. The van der Waals surface area contributed by atoms with Gasteiger partial charge in [0.2, 0.25) is 0 Å². The molecule has 130 valence electrons. The molecule has 3 heterocycles. The third-order valence-electron chi connectivity index (χ3n) is 4.98. The van der Waals surface area contributed by atoms with Gasteiger partial charge in [-0.05, 0) is 49.7 Å². The molecule has 4 rings (SSSR count). The molecular formula is C20H23FN4. The molecule has 0 spiro atoms. The van der Waals surface area contributed by atoms with Crippen molar-refractivity contribution < 1.29 is 4.39 Å². The predicted octanol–water partition coefficient (Wildman–Crippen LogP) is 3.49. The minimum Gasteiger partial charge on any atom is -0.370 e. The molecule has 1 aliphatic rings. The first-order valence-electron chi connectivity index (χ1n) is 8.86. The highest BCUT2D eigenvalue weighted by Crippen LogP contribution is 2.19. The zero-order chi connectivity index (χ0) is 17.2. The van der Waals surface area contributed by atoms with E-state index in [0.29, 0.717) is 0 Å². The number of anilines is 1. The number of aromatic nitrogens is 2. The number of aryl methyl sites for hydroxylation is 1. The van der Waals surface area contributed by atoms with Crippen molar-refractivity contribution >= 4 is 11.3 Å². The number of halogens is 1. The SMILES string of the molecule is Cc1nc2ccccn2c1CN1CCCN(c2ccc(F)cc2)CC1. The molecular weight excluding hydrogens is 315 g/mol. The second-order valence-corrected chi connectivity index (χ2v) is 6.67. The minimum absolute atomic E-state index is 0.178. The topological polar surface area (TPSA) is 23.8 Å². The van der Waals surface area contributed by atoms with Gasteiger partial charge < -0.3 is 9.30 Å². The molecule has 0 saturated carbocycles. The highest BCUT2D eigenvalue weighted by molar-refractivity contribution is 5.46. The van der Waals surface area contributed by atoms with E-state index < -0.39 is 0 Å². The number of nitrogens with zero attached hydrogens (tertiary/aromatic N) is 4. The molecule has 1 aliphatic heterocycles. The van der Waals surface area contributed by atoms with Crippen LogP contribution in [-0.4, -0.2) is 40.5 Å². The standard InChI is InChI=1S/C20H23FN4/c1-16-19(25-12-3-2-5-20(25)22-16)15-23-10-4-11-24(14-13-23)18-8-6-17(21)7-9-18/h2-3,5-9,12H,4,10-11,13-15H2,1H3. The van der Waals surface area contributed by atoms with Crippen LogP contribution >= 0.6 is 0 Å². The van der Waals surface area contributed by atoms with Gasteiger partial charge in [-0.3, -0.25) is 4.90 Å². The molecule has 0 atom stereocenters. The largest absolute Gasteiger partial charge is 0.370 e. The van der Waals surface area contributed by atoms with Gasteiger partial charge in [0.05, 0.1) is 11.4 Å². The van der Waals surface area contributed by atoms with E-state index >= 15 is 0 Å². The normalized spacial score (nSPS) is 16.3. The molecule has 0 aliphatic carbocycles. The highest BCUT2D eigenvalue weighted by atomic mass is 19.1. The van der Waals surface area contributed by atoms with Crippen LogP contribution < -0.4 is 4.90 Å². The van der Waals surface area contributed by atoms with Crippen LogP contribution in [0.25, 0.3) is 5.65 Å². The van der Waals surface area contributed by atoms with Crippen LogP contribution in [0.1, 0.15) is 17.8 Å². The smallest absolute Gasteiger partial charge is 0.137 e. The molecule has 0 amide bonds. The zero-order valence-corrected chi connectivity index (χ0v) is 14.5. The first-order chi connectivity index (χ1) is 12.2. The number of benzene rings is 1. The Hall–Kier alpha value is -2.40. The van der Waals surface area contributed by atoms with E-state index in [1.807, 2.05) is 18.2 Å². The van der Waals surface area contributed by atoms with Gasteiger partial charge >= 0.3 is 0 Å². The van der Waals surface area contributed by atoms with E-state index in [0.717, 1.165) is 56.2 Å². The lowest BCUT2D eigenvalue weighted by Crippen LogP contribution is -2.30. The lowest BCUT2D eigenvalue weighted by molar-refractivity contribution is 0.280. The fraction of sp³-hybridized carbons (Fsp3) is 0.350. The van der Waals surface area contributed by atoms with Crippen LogP contribution in [0, 0.1) is 12.7 Å². The summed E-state index contributed by atoms with van der Waals surface area (Å²) in [6, 6.07) is 13.0. The van der Waals surface area contributed by atoms with Crippen LogP contribution in [0.5, 0.6) is 0 Å². The first kappa shape index (κ1) is 16.1. The van der Waals surface area contributed by atoms with Crippen molar-refractivity contribution in [1.29, 1.82) is 0 Å². The van der Waals surface area contributed by atoms with Gasteiger partial charge in [-0.1, -0.05) is 6.07 Å². The molecule has 0 unspecified atom stereocenters. The van der Waals surface area contributed by atoms with Gasteiger partial charge in [0.25, 0.3) is 0 Å². The van der Waals surface area contributed by atoms with Crippen molar-refractivity contribution in [3.63, 3.8) is 0 Å². The maximum absolute atomic E-state index is 13.1. The van der Waals surface area contributed by atoms with Crippen molar-refractivity contribution in [2.45, 2.75) is 19.9 Å². The number of hydrogen-bond acceptors (Lipinski definition) is 3. The monoisotopic (exact) mass is 338 g/mol. The lowest BCUT2D eigenvalue weighted by atomic mass is 10.2. The highest BCUT2D eigenvalue weighted by Gasteiger charge is 2.18. The summed E-state index contributed by atoms with van der Waals surface area (Å²) < 4.78 is 15.3. The number of hydrogen-bond donors (Lipinski definition) is 0. The van der Waals surface area contributed by atoms with E-state index in [1.54, 1.807) is 12.1 Å². The number of imidazole rings is 1. The summed E-state index contributed by atoms with van der Waals surface area (Å²) >= 11 is 0. The van der Waals surface area contributed by atoms with Gasteiger partial charge in [0.1, 0.15) is 11.5 Å². The molecule has 2 aromatic heterocycles. The minimum atomic E-state index is -0.178. The van der Waals surface area contributed by atoms with Crippen LogP contribution in [0.3, 0.4) is 0 Å². The summed E-state index contributed by atoms with van der Waals surface area (Å²) in [6.07, 6.45) is 3.19. The fourth-order valence-electron chi connectivity index (χ4n) is 3.61. The zero-order valence-electron chi connectivity index (χ0n) is 14.5. The lowest BCUT2D eigenvalue weighted by Gasteiger charge is -2.23. The Morgan fingerprint density at radius 2 is 1.84 bits per heavy atom. The molecule has 3 aromatic rings. The molecule has 0 N–H and O–H groups in total. The van der Waals surface area contributed by atoms with Crippen LogP contribution in [0.2, 0.25) is 0 Å². The average Bonchev–Trinajstić information content (AvgIpc) is 2.79. The third-order valence-corrected chi connectivity index (χ3v) is 4.98. The van der Waals surface area contributed by atoms with Crippen molar-refractivity contribution in [2.24, 2.45) is 0 Å². The second kappa shape index (κ2) is 6.84. The molecule has 1 saturated heterocycles. The van der Waals surface area contributed by atoms with Crippen LogP contribution in [0.15, 0.2) is 48.7 Å². The molecule has 0 radical (unpaired) electrons. The van der Waals surface area contributed by atoms with Gasteiger partial charge in [-0.15, -0.1) is 0 Å². The molecule has 5 heteroatoms. The summed E-state index contributed by atoms with van der Waals surface area (Å²) in [5.41, 5.74) is 4.49. The van der Waals surface area contributed by atoms with Crippen molar-refractivity contribution in [3.8, 4) is 0 Å². The predicted molar refractivity (Wildman–Crippen MR) is 98.4 cm³/mol. The molecule has 1 aromatic carbocycles. The third kappa shape index (κ3) is 3.37. The summed E-state index contributed by atoms with van der Waals surface area (Å²) in [5.74, 6) is -0.178. The number of fused-ring (bicyclic) bond motifs is 1. The quantitative estimate of drug-likeness (QED) is 0.730. The molecule has 4 nitrogen and oxygen atoms in total. The van der Waals surface area contributed by atoms with Crippen LogP contribution in [0.4, 0.5) is 10.1 Å². The Balaban J connectivity index is 1.47. The fourth-order valence-corrected chi connectivity index (χ4v) is 3.61. The van der Waals surface area contributed by atoms with E-state index in [4.69, 9.17) is 0 Å². The molecule has 0 bridgehead atoms. The maximum Gasteiger partial charge on any atom is 0.137 e. The number of pyridine rings is 1.